The lowest BCUT2D eigenvalue weighted by Gasteiger charge is -2.13. The van der Waals surface area contributed by atoms with Crippen LogP contribution in [-0.4, -0.2) is 35.9 Å². The normalized spacial score (nSPS) is 10.9. The molecule has 0 atom stereocenters. The zero-order valence-corrected chi connectivity index (χ0v) is 21.8. The number of amides is 1. The molecule has 1 aromatic heterocycles. The Hall–Kier alpha value is -4.68. The highest BCUT2D eigenvalue weighted by atomic mass is 32.1. The third kappa shape index (κ3) is 6.96. The number of para-hydroxylation sites is 1. The van der Waals surface area contributed by atoms with Gasteiger partial charge in [0.1, 0.15) is 35.6 Å². The molecule has 0 unspecified atom stereocenters. The van der Waals surface area contributed by atoms with E-state index >= 15 is 0 Å². The molecule has 0 aliphatic carbocycles. The van der Waals surface area contributed by atoms with Gasteiger partial charge >= 0.3 is 0 Å². The zero-order chi connectivity index (χ0) is 26.7. The summed E-state index contributed by atoms with van der Waals surface area (Å²) in [7, 11) is 0. The largest absolute Gasteiger partial charge is 0.490 e. The maximum atomic E-state index is 12.8. The first-order chi connectivity index (χ1) is 18.6. The summed E-state index contributed by atoms with van der Waals surface area (Å²) in [5.74, 6) is 1.24. The minimum atomic E-state index is -0.573. The quantitative estimate of drug-likeness (QED) is 0.147. The number of carbonyl (C=O) groups excluding carboxylic acids is 1. The van der Waals surface area contributed by atoms with Gasteiger partial charge in [-0.25, -0.2) is 0 Å². The number of aryl methyl sites for hydroxylation is 1. The second-order valence-electron chi connectivity index (χ2n) is 8.00. The highest BCUT2D eigenvalue weighted by molar-refractivity contribution is 7.18. The van der Waals surface area contributed by atoms with E-state index in [1.807, 2.05) is 74.5 Å². The lowest BCUT2D eigenvalue weighted by molar-refractivity contribution is -0.112. The predicted octanol–water partition coefficient (Wildman–Crippen LogP) is 5.92. The van der Waals surface area contributed by atoms with Gasteiger partial charge in [-0.15, -0.1) is 10.2 Å². The van der Waals surface area contributed by atoms with E-state index in [0.717, 1.165) is 16.9 Å². The highest BCUT2D eigenvalue weighted by Gasteiger charge is 2.15. The van der Waals surface area contributed by atoms with Crippen LogP contribution in [0.4, 0.5) is 5.13 Å². The zero-order valence-electron chi connectivity index (χ0n) is 21.0. The second kappa shape index (κ2) is 13.0. The molecule has 0 aliphatic heterocycles. The Morgan fingerprint density at radius 1 is 0.974 bits per heavy atom. The fourth-order valence-corrected chi connectivity index (χ4v) is 4.33. The van der Waals surface area contributed by atoms with Crippen LogP contribution in [0.25, 0.3) is 16.6 Å². The standard InChI is InChI=1S/C29H26N4O4S/c1-3-35-26-18-21(13-14-25(26)37-16-15-36-23-10-5-4-6-11-23)17-22(19-30)27(34)31-29-33-32-28(38-29)24-12-8-7-9-20(24)2/h4-14,17-18H,3,15-16H2,1-2H3,(H,31,33,34)/b22-17-. The molecule has 1 heterocycles. The monoisotopic (exact) mass is 526 g/mol. The number of hydrogen-bond donors (Lipinski definition) is 1. The van der Waals surface area contributed by atoms with Crippen LogP contribution < -0.4 is 19.5 Å². The Bertz CT molecular complexity index is 1460. The first kappa shape index (κ1) is 26.4. The lowest BCUT2D eigenvalue weighted by Crippen LogP contribution is -2.13. The summed E-state index contributed by atoms with van der Waals surface area (Å²) in [6.45, 7) is 4.97. The van der Waals surface area contributed by atoms with Gasteiger partial charge in [-0.2, -0.15) is 5.26 Å². The number of carbonyl (C=O) groups is 1. The van der Waals surface area contributed by atoms with Crippen LogP contribution in [0.15, 0.2) is 78.4 Å². The molecule has 3 aromatic carbocycles. The van der Waals surface area contributed by atoms with E-state index in [9.17, 15) is 10.1 Å². The van der Waals surface area contributed by atoms with Crippen LogP contribution in [0.3, 0.4) is 0 Å². The Balaban J connectivity index is 1.42. The molecule has 4 aromatic rings. The molecule has 0 bridgehead atoms. The average molecular weight is 527 g/mol. The molecule has 0 radical (unpaired) electrons. The summed E-state index contributed by atoms with van der Waals surface area (Å²) >= 11 is 1.24. The van der Waals surface area contributed by atoms with Crippen LogP contribution in [-0.2, 0) is 4.79 Å². The molecule has 192 valence electrons. The summed E-state index contributed by atoms with van der Waals surface area (Å²) in [4.78, 5) is 12.8. The fourth-order valence-electron chi connectivity index (χ4n) is 3.51. The number of rotatable bonds is 11. The van der Waals surface area contributed by atoms with E-state index < -0.39 is 5.91 Å². The number of ether oxygens (including phenoxy) is 3. The van der Waals surface area contributed by atoms with Gasteiger partial charge in [0, 0.05) is 5.56 Å². The molecule has 0 fully saturated rings. The van der Waals surface area contributed by atoms with E-state index in [0.29, 0.717) is 47.0 Å². The van der Waals surface area contributed by atoms with Crippen molar-refractivity contribution >= 4 is 28.5 Å². The maximum Gasteiger partial charge on any atom is 0.268 e. The number of hydrogen-bond acceptors (Lipinski definition) is 8. The average Bonchev–Trinajstić information content (AvgIpc) is 3.39. The third-order valence-corrected chi connectivity index (χ3v) is 6.19. The summed E-state index contributed by atoms with van der Waals surface area (Å²) in [6, 6.07) is 24.5. The van der Waals surface area contributed by atoms with Crippen molar-refractivity contribution < 1.29 is 19.0 Å². The topological polar surface area (TPSA) is 106 Å². The molecule has 1 N–H and O–H groups in total. The van der Waals surface area contributed by atoms with Crippen molar-refractivity contribution in [1.82, 2.24) is 10.2 Å². The van der Waals surface area contributed by atoms with Gasteiger partial charge in [0.2, 0.25) is 5.13 Å². The van der Waals surface area contributed by atoms with Crippen molar-refractivity contribution in [2.75, 3.05) is 25.1 Å². The number of nitriles is 1. The van der Waals surface area contributed by atoms with Crippen LogP contribution >= 0.6 is 11.3 Å². The number of anilines is 1. The highest BCUT2D eigenvalue weighted by Crippen LogP contribution is 2.31. The molecular weight excluding hydrogens is 500 g/mol. The number of benzene rings is 3. The van der Waals surface area contributed by atoms with E-state index in [-0.39, 0.29) is 5.57 Å². The lowest BCUT2D eigenvalue weighted by atomic mass is 10.1. The van der Waals surface area contributed by atoms with Gasteiger partial charge in [0.05, 0.1) is 6.61 Å². The van der Waals surface area contributed by atoms with Crippen molar-refractivity contribution in [2.45, 2.75) is 13.8 Å². The van der Waals surface area contributed by atoms with Crippen molar-refractivity contribution in [3.63, 3.8) is 0 Å². The third-order valence-electron chi connectivity index (χ3n) is 5.32. The maximum absolute atomic E-state index is 12.8. The van der Waals surface area contributed by atoms with E-state index in [1.165, 1.54) is 17.4 Å². The first-order valence-electron chi connectivity index (χ1n) is 12.0. The van der Waals surface area contributed by atoms with Gasteiger partial charge in [-0.05, 0) is 55.3 Å². The van der Waals surface area contributed by atoms with E-state index in [4.69, 9.17) is 14.2 Å². The van der Waals surface area contributed by atoms with Gasteiger partial charge < -0.3 is 14.2 Å². The van der Waals surface area contributed by atoms with Crippen LogP contribution in [0.5, 0.6) is 17.2 Å². The molecule has 9 heteroatoms. The molecular formula is C29H26N4O4S. The summed E-state index contributed by atoms with van der Waals surface area (Å²) in [5, 5.41) is 21.5. The molecule has 0 spiro atoms. The molecule has 0 aliphatic rings. The molecule has 0 saturated carbocycles. The summed E-state index contributed by atoms with van der Waals surface area (Å²) in [5.41, 5.74) is 2.54. The Labute approximate surface area is 225 Å². The Morgan fingerprint density at radius 3 is 2.50 bits per heavy atom. The first-order valence-corrected chi connectivity index (χ1v) is 12.8. The Kier molecular flexibility index (Phi) is 9.05. The van der Waals surface area contributed by atoms with Gasteiger partial charge in [-0.3, -0.25) is 10.1 Å². The summed E-state index contributed by atoms with van der Waals surface area (Å²) < 4.78 is 17.2. The van der Waals surface area contributed by atoms with Crippen molar-refractivity contribution in [1.29, 1.82) is 5.26 Å². The van der Waals surface area contributed by atoms with Crippen molar-refractivity contribution in [2.24, 2.45) is 0 Å². The minimum Gasteiger partial charge on any atom is -0.490 e. The molecule has 8 nitrogen and oxygen atoms in total. The number of aromatic nitrogens is 2. The van der Waals surface area contributed by atoms with Crippen LogP contribution in [0, 0.1) is 18.3 Å². The SMILES string of the molecule is CCOc1cc(/C=C(/C#N)C(=O)Nc2nnc(-c3ccccc3C)s2)ccc1OCCOc1ccccc1. The van der Waals surface area contributed by atoms with E-state index in [1.54, 1.807) is 18.2 Å². The predicted molar refractivity (Wildman–Crippen MR) is 147 cm³/mol. The van der Waals surface area contributed by atoms with Crippen LogP contribution in [0.1, 0.15) is 18.1 Å². The smallest absolute Gasteiger partial charge is 0.268 e. The minimum absolute atomic E-state index is 0.0787. The van der Waals surface area contributed by atoms with Crippen molar-refractivity contribution in [3.05, 3.63) is 89.5 Å². The van der Waals surface area contributed by atoms with E-state index in [2.05, 4.69) is 15.5 Å². The molecule has 1 amide bonds. The molecule has 38 heavy (non-hydrogen) atoms. The van der Waals surface area contributed by atoms with Gasteiger partial charge in [-0.1, -0.05) is 59.9 Å². The second-order valence-corrected chi connectivity index (χ2v) is 8.98. The van der Waals surface area contributed by atoms with Crippen molar-refractivity contribution in [3.8, 4) is 33.9 Å². The molecule has 4 rings (SSSR count). The molecule has 0 saturated heterocycles. The summed E-state index contributed by atoms with van der Waals surface area (Å²) in [6.07, 6.45) is 1.49. The van der Waals surface area contributed by atoms with Gasteiger partial charge in [0.25, 0.3) is 5.91 Å². The fraction of sp³-hybridized carbons (Fsp3) is 0.172. The number of nitrogens with zero attached hydrogens (tertiary/aromatic N) is 3. The van der Waals surface area contributed by atoms with Gasteiger partial charge in [0.15, 0.2) is 11.5 Å². The number of nitrogens with one attached hydrogen (secondary N) is 1. The van der Waals surface area contributed by atoms with Crippen LogP contribution in [0.2, 0.25) is 0 Å². The Morgan fingerprint density at radius 2 is 1.74 bits per heavy atom.